The number of hydrogen-bond acceptors (Lipinski definition) is 4. The Kier molecular flexibility index (Phi) is 7.31. The van der Waals surface area contributed by atoms with Gasteiger partial charge in [-0.25, -0.2) is 0 Å². The smallest absolute Gasteiger partial charge is 0.189 e. The lowest BCUT2D eigenvalue weighted by Crippen LogP contribution is -2.31. The molecule has 0 aromatic rings. The summed E-state index contributed by atoms with van der Waals surface area (Å²) in [6, 6.07) is 0. The standard InChI is InChI=1S/C8H16N6S2/c1-13(2)7(15)11-9-5-6-10-12-8(16)14(3)4/h5-6H,1-4H3,(H,11,15)(H,12,16)/b9-5-,10-6-. The van der Waals surface area contributed by atoms with Crippen molar-refractivity contribution in [2.24, 2.45) is 10.2 Å². The first-order valence-corrected chi connectivity index (χ1v) is 5.26. The van der Waals surface area contributed by atoms with E-state index in [-0.39, 0.29) is 0 Å². The topological polar surface area (TPSA) is 55.3 Å². The first-order valence-electron chi connectivity index (χ1n) is 4.44. The highest BCUT2D eigenvalue weighted by atomic mass is 32.1. The highest BCUT2D eigenvalue weighted by Gasteiger charge is 1.93. The van der Waals surface area contributed by atoms with Gasteiger partial charge in [0.1, 0.15) is 0 Å². The average molecular weight is 260 g/mol. The van der Waals surface area contributed by atoms with Crippen LogP contribution in [0.15, 0.2) is 10.2 Å². The third kappa shape index (κ3) is 7.07. The molecule has 0 atom stereocenters. The summed E-state index contributed by atoms with van der Waals surface area (Å²) in [6.07, 6.45) is 2.95. The van der Waals surface area contributed by atoms with Gasteiger partial charge < -0.3 is 9.80 Å². The van der Waals surface area contributed by atoms with Gasteiger partial charge in [0, 0.05) is 28.2 Å². The number of rotatable bonds is 3. The molecule has 6 nitrogen and oxygen atoms in total. The second-order valence-electron chi connectivity index (χ2n) is 3.18. The molecule has 0 aliphatic carbocycles. The van der Waals surface area contributed by atoms with Gasteiger partial charge in [0.2, 0.25) is 0 Å². The van der Waals surface area contributed by atoms with Crippen LogP contribution >= 0.6 is 24.4 Å². The Bertz CT molecular complexity index is 267. The van der Waals surface area contributed by atoms with Crippen LogP contribution in [0.4, 0.5) is 0 Å². The minimum atomic E-state index is 0.529. The maximum atomic E-state index is 4.95. The van der Waals surface area contributed by atoms with Crippen LogP contribution in [0.2, 0.25) is 0 Å². The van der Waals surface area contributed by atoms with Gasteiger partial charge >= 0.3 is 0 Å². The molecule has 0 heterocycles. The van der Waals surface area contributed by atoms with Crippen LogP contribution in [0.3, 0.4) is 0 Å². The molecule has 0 bridgehead atoms. The van der Waals surface area contributed by atoms with Crippen LogP contribution in [0.25, 0.3) is 0 Å². The van der Waals surface area contributed by atoms with Gasteiger partial charge in [0.25, 0.3) is 0 Å². The highest BCUT2D eigenvalue weighted by molar-refractivity contribution is 7.80. The summed E-state index contributed by atoms with van der Waals surface area (Å²) in [5.41, 5.74) is 5.32. The molecule has 0 unspecified atom stereocenters. The highest BCUT2D eigenvalue weighted by Crippen LogP contribution is 1.77. The zero-order valence-corrected chi connectivity index (χ0v) is 11.4. The van der Waals surface area contributed by atoms with Crippen molar-refractivity contribution < 1.29 is 0 Å². The Hall–Kier alpha value is -1.28. The van der Waals surface area contributed by atoms with Crippen molar-refractivity contribution in [3.05, 3.63) is 0 Å². The lowest BCUT2D eigenvalue weighted by Gasteiger charge is -2.11. The monoisotopic (exact) mass is 260 g/mol. The molecule has 0 saturated carbocycles. The van der Waals surface area contributed by atoms with Gasteiger partial charge in [-0.2, -0.15) is 10.2 Å². The molecule has 0 saturated heterocycles. The third-order valence-corrected chi connectivity index (χ3v) is 2.26. The molecule has 0 fully saturated rings. The van der Waals surface area contributed by atoms with Crippen LogP contribution in [-0.4, -0.2) is 60.6 Å². The predicted octanol–water partition coefficient (Wildman–Crippen LogP) is -0.170. The van der Waals surface area contributed by atoms with Crippen LogP contribution in [-0.2, 0) is 0 Å². The van der Waals surface area contributed by atoms with Crippen LogP contribution < -0.4 is 10.9 Å². The van der Waals surface area contributed by atoms with Gasteiger partial charge in [-0.3, -0.25) is 10.9 Å². The summed E-state index contributed by atoms with van der Waals surface area (Å²) in [4.78, 5) is 3.48. The summed E-state index contributed by atoms with van der Waals surface area (Å²) in [5, 5.41) is 8.72. The Morgan fingerprint density at radius 2 is 1.19 bits per heavy atom. The van der Waals surface area contributed by atoms with Crippen molar-refractivity contribution in [3.63, 3.8) is 0 Å². The van der Waals surface area contributed by atoms with Crippen molar-refractivity contribution in [3.8, 4) is 0 Å². The Morgan fingerprint density at radius 3 is 1.44 bits per heavy atom. The SMILES string of the molecule is CN(C)C(=S)N/N=C\C=N/NC(=S)N(C)C. The fraction of sp³-hybridized carbons (Fsp3) is 0.500. The molecule has 0 radical (unpaired) electrons. The van der Waals surface area contributed by atoms with E-state index in [4.69, 9.17) is 24.4 Å². The van der Waals surface area contributed by atoms with Gasteiger partial charge in [0.15, 0.2) is 10.2 Å². The van der Waals surface area contributed by atoms with Gasteiger partial charge in [-0.1, -0.05) is 0 Å². The fourth-order valence-corrected chi connectivity index (χ4v) is 0.557. The molecule has 0 amide bonds. The van der Waals surface area contributed by atoms with Crippen molar-refractivity contribution >= 4 is 47.1 Å². The quantitative estimate of drug-likeness (QED) is 0.417. The van der Waals surface area contributed by atoms with E-state index in [0.29, 0.717) is 10.2 Å². The molecular weight excluding hydrogens is 244 g/mol. The number of nitrogens with zero attached hydrogens (tertiary/aromatic N) is 4. The molecule has 0 aliphatic rings. The molecule has 8 heteroatoms. The number of thiocarbonyl (C=S) groups is 2. The van der Waals surface area contributed by atoms with E-state index in [1.54, 1.807) is 9.80 Å². The van der Waals surface area contributed by atoms with Crippen molar-refractivity contribution in [1.82, 2.24) is 20.7 Å². The molecule has 16 heavy (non-hydrogen) atoms. The van der Waals surface area contributed by atoms with Gasteiger partial charge in [-0.05, 0) is 24.4 Å². The zero-order chi connectivity index (χ0) is 12.6. The molecule has 0 rings (SSSR count). The summed E-state index contributed by atoms with van der Waals surface area (Å²) in [5.74, 6) is 0. The Balaban J connectivity index is 3.80. The summed E-state index contributed by atoms with van der Waals surface area (Å²) in [7, 11) is 7.32. The van der Waals surface area contributed by atoms with E-state index < -0.39 is 0 Å². The first-order chi connectivity index (χ1) is 7.45. The van der Waals surface area contributed by atoms with Crippen molar-refractivity contribution in [2.75, 3.05) is 28.2 Å². The van der Waals surface area contributed by atoms with Crippen molar-refractivity contribution in [1.29, 1.82) is 0 Å². The summed E-state index contributed by atoms with van der Waals surface area (Å²) < 4.78 is 0. The van der Waals surface area contributed by atoms with E-state index in [2.05, 4.69) is 21.1 Å². The molecule has 0 aliphatic heterocycles. The summed E-state index contributed by atoms with van der Waals surface area (Å²) in [6.45, 7) is 0. The lowest BCUT2D eigenvalue weighted by molar-refractivity contribution is 0.606. The first kappa shape index (κ1) is 14.7. The molecule has 0 aromatic carbocycles. The maximum absolute atomic E-state index is 4.95. The maximum Gasteiger partial charge on any atom is 0.189 e. The van der Waals surface area contributed by atoms with Gasteiger partial charge in [-0.15, -0.1) is 0 Å². The molecule has 2 N–H and O–H groups in total. The minimum absolute atomic E-state index is 0.529. The second kappa shape index (κ2) is 7.94. The predicted molar refractivity (Wildman–Crippen MR) is 75.8 cm³/mol. The number of hydrazone groups is 2. The van der Waals surface area contributed by atoms with E-state index >= 15 is 0 Å². The zero-order valence-electron chi connectivity index (χ0n) is 9.76. The number of hydrogen-bond donors (Lipinski definition) is 2. The normalized spacial score (nSPS) is 10.5. The molecule has 0 aromatic heterocycles. The van der Waals surface area contributed by atoms with Crippen LogP contribution in [0, 0.1) is 0 Å². The summed E-state index contributed by atoms with van der Waals surface area (Å²) >= 11 is 9.89. The fourth-order valence-electron chi connectivity index (χ4n) is 0.452. The lowest BCUT2D eigenvalue weighted by atomic mass is 10.8. The molecule has 0 spiro atoms. The van der Waals surface area contributed by atoms with E-state index in [1.807, 2.05) is 28.2 Å². The van der Waals surface area contributed by atoms with E-state index in [0.717, 1.165) is 0 Å². The van der Waals surface area contributed by atoms with E-state index in [1.165, 1.54) is 12.4 Å². The average Bonchev–Trinajstić information content (AvgIpc) is 2.21. The van der Waals surface area contributed by atoms with Gasteiger partial charge in [0.05, 0.1) is 12.4 Å². The Morgan fingerprint density at radius 1 is 0.875 bits per heavy atom. The number of nitrogens with one attached hydrogen (secondary N) is 2. The Labute approximate surface area is 106 Å². The largest absolute Gasteiger partial charge is 0.354 e. The molecule has 90 valence electrons. The van der Waals surface area contributed by atoms with E-state index in [9.17, 15) is 0 Å². The van der Waals surface area contributed by atoms with Crippen LogP contribution in [0.1, 0.15) is 0 Å². The van der Waals surface area contributed by atoms with Crippen molar-refractivity contribution in [2.45, 2.75) is 0 Å². The minimum Gasteiger partial charge on any atom is -0.354 e. The second-order valence-corrected chi connectivity index (χ2v) is 3.95. The third-order valence-electron chi connectivity index (χ3n) is 1.35. The molecular formula is C8H16N6S2. The van der Waals surface area contributed by atoms with Crippen LogP contribution in [0.5, 0.6) is 0 Å².